The van der Waals surface area contributed by atoms with E-state index in [9.17, 15) is 4.91 Å². The lowest BCUT2D eigenvalue weighted by Crippen LogP contribution is -2.43. The summed E-state index contributed by atoms with van der Waals surface area (Å²) in [6.45, 7) is 8.28. The summed E-state index contributed by atoms with van der Waals surface area (Å²) in [5, 5.41) is 2.59. The second-order valence-corrected chi connectivity index (χ2v) is 4.75. The topological polar surface area (TPSA) is 50.7 Å². The molecule has 17 heavy (non-hydrogen) atoms. The normalized spacial score (nSPS) is 11.9. The maximum Gasteiger partial charge on any atom is 0.127 e. The summed E-state index contributed by atoms with van der Waals surface area (Å²) in [6, 6.07) is 9.90. The lowest BCUT2D eigenvalue weighted by atomic mass is 9.75. The van der Waals surface area contributed by atoms with Gasteiger partial charge < -0.3 is 0 Å². The van der Waals surface area contributed by atoms with E-state index in [-0.39, 0.29) is 11.8 Å². The van der Waals surface area contributed by atoms with Crippen LogP contribution in [-0.2, 0) is 10.4 Å². The minimum absolute atomic E-state index is 0.208. The van der Waals surface area contributed by atoms with Gasteiger partial charge in [-0.25, -0.2) is 4.84 Å². The SMILES string of the molecule is CC(C)C(ONN=O)(c1ccccc1)C(C)C. The van der Waals surface area contributed by atoms with Gasteiger partial charge in [-0.05, 0) is 17.4 Å². The number of nitrogens with one attached hydrogen (secondary N) is 1. The highest BCUT2D eigenvalue weighted by Crippen LogP contribution is 2.39. The molecule has 0 aliphatic rings. The highest BCUT2D eigenvalue weighted by Gasteiger charge is 2.41. The minimum atomic E-state index is -0.560. The van der Waals surface area contributed by atoms with Crippen LogP contribution in [0.15, 0.2) is 35.6 Å². The van der Waals surface area contributed by atoms with E-state index in [1.807, 2.05) is 30.3 Å². The third kappa shape index (κ3) is 2.64. The molecule has 1 aromatic carbocycles. The molecule has 0 aromatic heterocycles. The molecule has 0 aliphatic carbocycles. The van der Waals surface area contributed by atoms with Gasteiger partial charge in [-0.1, -0.05) is 58.0 Å². The van der Waals surface area contributed by atoms with E-state index in [1.54, 1.807) is 0 Å². The fraction of sp³-hybridized carbons (Fsp3) is 0.538. The van der Waals surface area contributed by atoms with Gasteiger partial charge in [-0.2, -0.15) is 0 Å². The van der Waals surface area contributed by atoms with Crippen LogP contribution >= 0.6 is 0 Å². The molecule has 1 aromatic rings. The first-order valence-electron chi connectivity index (χ1n) is 5.86. The Morgan fingerprint density at radius 1 is 1.12 bits per heavy atom. The Balaban J connectivity index is 3.19. The van der Waals surface area contributed by atoms with Gasteiger partial charge >= 0.3 is 0 Å². The van der Waals surface area contributed by atoms with Gasteiger partial charge in [-0.3, -0.25) is 0 Å². The summed E-state index contributed by atoms with van der Waals surface area (Å²) in [4.78, 5) is 15.8. The molecule has 1 rings (SSSR count). The van der Waals surface area contributed by atoms with Crippen molar-refractivity contribution in [2.24, 2.45) is 17.1 Å². The fourth-order valence-electron chi connectivity index (χ4n) is 2.42. The second-order valence-electron chi connectivity index (χ2n) is 4.75. The van der Waals surface area contributed by atoms with E-state index < -0.39 is 5.60 Å². The third-order valence-electron chi connectivity index (χ3n) is 3.19. The molecule has 0 unspecified atom stereocenters. The molecule has 1 N–H and O–H groups in total. The molecule has 0 aliphatic heterocycles. The second kappa shape index (κ2) is 5.77. The maximum atomic E-state index is 10.2. The van der Waals surface area contributed by atoms with Gasteiger partial charge in [0.05, 0.1) is 5.29 Å². The van der Waals surface area contributed by atoms with E-state index in [0.29, 0.717) is 0 Å². The van der Waals surface area contributed by atoms with Crippen LogP contribution in [-0.4, -0.2) is 0 Å². The van der Waals surface area contributed by atoms with Gasteiger partial charge in [0, 0.05) is 0 Å². The molecular formula is C13H20N2O2. The average Bonchev–Trinajstić information content (AvgIpc) is 2.30. The van der Waals surface area contributed by atoms with Crippen molar-refractivity contribution in [1.29, 1.82) is 0 Å². The van der Waals surface area contributed by atoms with Crippen LogP contribution in [0.4, 0.5) is 0 Å². The largest absolute Gasteiger partial charge is 0.245 e. The zero-order chi connectivity index (χ0) is 12.9. The first-order valence-corrected chi connectivity index (χ1v) is 5.86. The molecule has 0 spiro atoms. The van der Waals surface area contributed by atoms with Gasteiger partial charge in [0.25, 0.3) is 0 Å². The Kier molecular flexibility index (Phi) is 4.63. The summed E-state index contributed by atoms with van der Waals surface area (Å²) in [7, 11) is 0. The van der Waals surface area contributed by atoms with Gasteiger partial charge in [0.2, 0.25) is 0 Å². The molecule has 0 fully saturated rings. The van der Waals surface area contributed by atoms with Crippen LogP contribution < -0.4 is 5.59 Å². The summed E-state index contributed by atoms with van der Waals surface area (Å²) in [5.41, 5.74) is 2.60. The van der Waals surface area contributed by atoms with E-state index in [2.05, 4.69) is 38.6 Å². The van der Waals surface area contributed by atoms with Crippen LogP contribution in [0, 0.1) is 16.7 Å². The summed E-state index contributed by atoms with van der Waals surface area (Å²) >= 11 is 0. The van der Waals surface area contributed by atoms with Crippen molar-refractivity contribution < 1.29 is 4.84 Å². The van der Waals surface area contributed by atoms with Crippen LogP contribution in [0.5, 0.6) is 0 Å². The molecule has 0 saturated carbocycles. The first-order chi connectivity index (χ1) is 8.05. The predicted octanol–water partition coefficient (Wildman–Crippen LogP) is 3.40. The molecule has 0 bridgehead atoms. The monoisotopic (exact) mass is 236 g/mol. The Bertz CT molecular complexity index is 342. The molecule has 0 saturated heterocycles. The molecule has 0 heterocycles. The van der Waals surface area contributed by atoms with Crippen molar-refractivity contribution in [3.63, 3.8) is 0 Å². The van der Waals surface area contributed by atoms with Crippen LogP contribution in [0.25, 0.3) is 0 Å². The molecule has 4 heteroatoms. The maximum absolute atomic E-state index is 10.2. The van der Waals surface area contributed by atoms with E-state index in [4.69, 9.17) is 4.84 Å². The van der Waals surface area contributed by atoms with E-state index in [0.717, 1.165) is 5.56 Å². The Morgan fingerprint density at radius 3 is 2.06 bits per heavy atom. The van der Waals surface area contributed by atoms with Gasteiger partial charge in [0.15, 0.2) is 0 Å². The number of hydrogen-bond donors (Lipinski definition) is 1. The van der Waals surface area contributed by atoms with E-state index in [1.165, 1.54) is 0 Å². The van der Waals surface area contributed by atoms with Crippen molar-refractivity contribution in [2.75, 3.05) is 0 Å². The summed E-state index contributed by atoms with van der Waals surface area (Å²) in [5.74, 6) is 0.415. The van der Waals surface area contributed by atoms with Crippen molar-refractivity contribution in [2.45, 2.75) is 33.3 Å². The Morgan fingerprint density at radius 2 is 1.65 bits per heavy atom. The van der Waals surface area contributed by atoms with Crippen molar-refractivity contribution in [3.8, 4) is 0 Å². The van der Waals surface area contributed by atoms with Gasteiger partial charge in [0.1, 0.15) is 5.60 Å². The quantitative estimate of drug-likeness (QED) is 0.608. The van der Waals surface area contributed by atoms with Crippen molar-refractivity contribution in [3.05, 3.63) is 40.8 Å². The number of nitrogens with zero attached hydrogens (tertiary/aromatic N) is 1. The first kappa shape index (κ1) is 13.6. The Labute approximate surface area is 102 Å². The van der Waals surface area contributed by atoms with Gasteiger partial charge in [-0.15, -0.1) is 10.5 Å². The Hall–Kier alpha value is -1.42. The molecule has 0 atom stereocenters. The number of hydrogen-bond acceptors (Lipinski definition) is 3. The highest BCUT2D eigenvalue weighted by atomic mass is 16.7. The highest BCUT2D eigenvalue weighted by molar-refractivity contribution is 5.24. The van der Waals surface area contributed by atoms with Crippen LogP contribution in [0.1, 0.15) is 33.3 Å². The van der Waals surface area contributed by atoms with Crippen LogP contribution in [0.3, 0.4) is 0 Å². The molecule has 94 valence electrons. The molecule has 0 radical (unpaired) electrons. The average molecular weight is 236 g/mol. The summed E-state index contributed by atoms with van der Waals surface area (Å²) in [6.07, 6.45) is 0. The fourth-order valence-corrected chi connectivity index (χ4v) is 2.42. The lowest BCUT2D eigenvalue weighted by molar-refractivity contribution is -0.167. The van der Waals surface area contributed by atoms with E-state index >= 15 is 0 Å². The molecule has 4 nitrogen and oxygen atoms in total. The zero-order valence-corrected chi connectivity index (χ0v) is 10.8. The number of benzene rings is 1. The third-order valence-corrected chi connectivity index (χ3v) is 3.19. The van der Waals surface area contributed by atoms with Crippen LogP contribution in [0.2, 0.25) is 0 Å². The standard InChI is InChI=1S/C13H20N2O2/c1-10(2)13(11(3)4,17-15-14-16)12-8-6-5-7-9-12/h5-11H,1-4H3,(H,15,16). The predicted molar refractivity (Wildman–Crippen MR) is 67.8 cm³/mol. The number of nitroso groups, excluding NO2 is 1. The number of rotatable bonds is 6. The smallest absolute Gasteiger partial charge is 0.127 e. The molecule has 0 amide bonds. The molecular weight excluding hydrogens is 216 g/mol. The zero-order valence-electron chi connectivity index (χ0n) is 10.8. The lowest BCUT2D eigenvalue weighted by Gasteiger charge is -2.39. The summed E-state index contributed by atoms with van der Waals surface area (Å²) < 4.78 is 0. The van der Waals surface area contributed by atoms with Crippen molar-refractivity contribution in [1.82, 2.24) is 5.59 Å². The van der Waals surface area contributed by atoms with Crippen molar-refractivity contribution >= 4 is 0 Å². The minimum Gasteiger partial charge on any atom is -0.245 e.